The van der Waals surface area contributed by atoms with E-state index in [0.29, 0.717) is 0 Å². The summed E-state index contributed by atoms with van der Waals surface area (Å²) in [5, 5.41) is 10.2. The molecule has 0 spiro atoms. The van der Waals surface area contributed by atoms with E-state index in [2.05, 4.69) is 16.8 Å². The number of likely N-dealkylation sites (tertiary alicyclic amines) is 1. The Kier molecular flexibility index (Phi) is 3.83. The molecule has 0 unspecified atom stereocenters. The van der Waals surface area contributed by atoms with Gasteiger partial charge in [-0.1, -0.05) is 6.92 Å². The second kappa shape index (κ2) is 5.10. The van der Waals surface area contributed by atoms with Crippen molar-refractivity contribution in [2.75, 3.05) is 13.1 Å². The van der Waals surface area contributed by atoms with Crippen LogP contribution < -0.4 is 5.43 Å². The number of aliphatic hydroxyl groups is 1. The topological polar surface area (TPSA) is 56.3 Å². The van der Waals surface area contributed by atoms with Crippen LogP contribution in [-0.4, -0.2) is 33.7 Å². The Labute approximate surface area is 114 Å². The van der Waals surface area contributed by atoms with Crippen LogP contribution in [0.3, 0.4) is 0 Å². The third-order valence-corrected chi connectivity index (χ3v) is 4.52. The van der Waals surface area contributed by atoms with Crippen LogP contribution in [0.25, 0.3) is 0 Å². The van der Waals surface area contributed by atoms with Crippen molar-refractivity contribution in [3.8, 4) is 0 Å². The zero-order valence-electron chi connectivity index (χ0n) is 12.3. The number of hydrogen-bond donors (Lipinski definition) is 2. The third kappa shape index (κ3) is 2.90. The average Bonchev–Trinajstić information content (AvgIpc) is 2.35. The summed E-state index contributed by atoms with van der Waals surface area (Å²) < 4.78 is 0. The van der Waals surface area contributed by atoms with Gasteiger partial charge in [-0.3, -0.25) is 9.69 Å². The lowest BCUT2D eigenvalue weighted by molar-refractivity contribution is -0.0526. The van der Waals surface area contributed by atoms with Crippen molar-refractivity contribution in [1.82, 2.24) is 9.88 Å². The molecule has 0 saturated carbocycles. The summed E-state index contributed by atoms with van der Waals surface area (Å²) in [5.41, 5.74) is 2.13. The van der Waals surface area contributed by atoms with Gasteiger partial charge in [0.1, 0.15) is 0 Å². The maximum atomic E-state index is 11.9. The van der Waals surface area contributed by atoms with Gasteiger partial charge in [0, 0.05) is 42.7 Å². The lowest BCUT2D eigenvalue weighted by Crippen LogP contribution is -2.48. The van der Waals surface area contributed by atoms with Gasteiger partial charge in [0.2, 0.25) is 0 Å². The zero-order chi connectivity index (χ0) is 14.2. The maximum absolute atomic E-state index is 11.9. The number of nitrogens with zero attached hydrogens (tertiary/aromatic N) is 1. The van der Waals surface area contributed by atoms with Gasteiger partial charge in [-0.25, -0.2) is 0 Å². The predicted octanol–water partition coefficient (Wildman–Crippen LogP) is 1.58. The molecule has 1 aliphatic heterocycles. The minimum Gasteiger partial charge on any atom is -0.390 e. The van der Waals surface area contributed by atoms with Crippen molar-refractivity contribution in [3.63, 3.8) is 0 Å². The van der Waals surface area contributed by atoms with E-state index in [9.17, 15) is 9.90 Å². The standard InChI is InChI=1S/C15H24N2O2/c1-10-7-16-13(12(3)14(10)18)9-17-6-5-15(4,19)11(2)8-17/h7,11,19H,5-6,8-9H2,1-4H3,(H,16,18)/t11-,15+/m1/s1. The molecule has 1 fully saturated rings. The molecule has 0 bridgehead atoms. The van der Waals surface area contributed by atoms with E-state index in [4.69, 9.17) is 0 Å². The monoisotopic (exact) mass is 264 g/mol. The normalized spacial score (nSPS) is 28.6. The highest BCUT2D eigenvalue weighted by Gasteiger charge is 2.34. The maximum Gasteiger partial charge on any atom is 0.187 e. The lowest BCUT2D eigenvalue weighted by atomic mass is 9.84. The number of aromatic nitrogens is 1. The Morgan fingerprint density at radius 3 is 2.84 bits per heavy atom. The number of hydrogen-bond acceptors (Lipinski definition) is 3. The molecule has 4 nitrogen and oxygen atoms in total. The van der Waals surface area contributed by atoms with Crippen molar-refractivity contribution in [2.24, 2.45) is 5.92 Å². The molecular formula is C15H24N2O2. The molecule has 1 aromatic heterocycles. The number of rotatable bonds is 2. The van der Waals surface area contributed by atoms with Crippen molar-refractivity contribution in [2.45, 2.75) is 46.3 Å². The number of piperidine rings is 1. The Balaban J connectivity index is 2.11. The Morgan fingerprint density at radius 2 is 2.21 bits per heavy atom. The Bertz CT molecular complexity index is 519. The first-order chi connectivity index (χ1) is 8.81. The van der Waals surface area contributed by atoms with Crippen LogP contribution >= 0.6 is 0 Å². The summed E-state index contributed by atoms with van der Waals surface area (Å²) in [7, 11) is 0. The van der Waals surface area contributed by atoms with Crippen LogP contribution in [0.4, 0.5) is 0 Å². The number of aryl methyl sites for hydroxylation is 1. The largest absolute Gasteiger partial charge is 0.390 e. The van der Waals surface area contributed by atoms with Crippen molar-refractivity contribution < 1.29 is 5.11 Å². The van der Waals surface area contributed by atoms with Gasteiger partial charge in [-0.15, -0.1) is 0 Å². The molecule has 106 valence electrons. The molecule has 1 aliphatic rings. The summed E-state index contributed by atoms with van der Waals surface area (Å²) in [6, 6.07) is 0. The number of nitrogens with one attached hydrogen (secondary N) is 1. The van der Waals surface area contributed by atoms with Crippen LogP contribution in [0, 0.1) is 19.8 Å². The summed E-state index contributed by atoms with van der Waals surface area (Å²) in [6.45, 7) is 10.2. The third-order valence-electron chi connectivity index (χ3n) is 4.52. The Morgan fingerprint density at radius 1 is 1.53 bits per heavy atom. The van der Waals surface area contributed by atoms with Gasteiger partial charge in [-0.05, 0) is 33.1 Å². The smallest absolute Gasteiger partial charge is 0.187 e. The molecule has 1 aromatic rings. The summed E-state index contributed by atoms with van der Waals surface area (Å²) in [5.74, 6) is 0.249. The summed E-state index contributed by atoms with van der Waals surface area (Å²) in [6.07, 6.45) is 2.57. The molecule has 1 saturated heterocycles. The zero-order valence-corrected chi connectivity index (χ0v) is 12.3. The fraction of sp³-hybridized carbons (Fsp3) is 0.667. The fourth-order valence-electron chi connectivity index (χ4n) is 2.64. The van der Waals surface area contributed by atoms with Crippen LogP contribution in [0.2, 0.25) is 0 Å². The second-order valence-electron chi connectivity index (χ2n) is 6.15. The van der Waals surface area contributed by atoms with E-state index in [1.807, 2.05) is 20.8 Å². The lowest BCUT2D eigenvalue weighted by Gasteiger charge is -2.41. The van der Waals surface area contributed by atoms with Gasteiger partial charge < -0.3 is 10.1 Å². The van der Waals surface area contributed by atoms with E-state index in [-0.39, 0.29) is 11.3 Å². The average molecular weight is 264 g/mol. The van der Waals surface area contributed by atoms with Gasteiger partial charge >= 0.3 is 0 Å². The van der Waals surface area contributed by atoms with Crippen LogP contribution in [0.15, 0.2) is 11.0 Å². The van der Waals surface area contributed by atoms with Crippen LogP contribution in [0.5, 0.6) is 0 Å². The molecular weight excluding hydrogens is 240 g/mol. The van der Waals surface area contributed by atoms with Crippen molar-refractivity contribution in [3.05, 3.63) is 33.2 Å². The molecule has 2 heterocycles. The number of pyridine rings is 1. The SMILES string of the molecule is Cc1c[nH]c(CN2CC[C@](C)(O)[C@H](C)C2)c(C)c1=O. The molecule has 0 aliphatic carbocycles. The second-order valence-corrected chi connectivity index (χ2v) is 6.15. The molecule has 0 aromatic carbocycles. The molecule has 2 N–H and O–H groups in total. The molecule has 4 heteroatoms. The highest BCUT2D eigenvalue weighted by Crippen LogP contribution is 2.27. The predicted molar refractivity (Wildman–Crippen MR) is 76.2 cm³/mol. The quantitative estimate of drug-likeness (QED) is 0.853. The minimum atomic E-state index is -0.563. The van der Waals surface area contributed by atoms with E-state index in [0.717, 1.165) is 42.9 Å². The first-order valence-corrected chi connectivity index (χ1v) is 6.94. The van der Waals surface area contributed by atoms with Crippen LogP contribution in [-0.2, 0) is 6.54 Å². The highest BCUT2D eigenvalue weighted by atomic mass is 16.3. The molecule has 2 atom stereocenters. The van der Waals surface area contributed by atoms with E-state index < -0.39 is 5.60 Å². The minimum absolute atomic E-state index is 0.130. The summed E-state index contributed by atoms with van der Waals surface area (Å²) >= 11 is 0. The van der Waals surface area contributed by atoms with E-state index >= 15 is 0 Å². The molecule has 0 amide bonds. The van der Waals surface area contributed by atoms with Crippen molar-refractivity contribution >= 4 is 0 Å². The fourth-order valence-corrected chi connectivity index (χ4v) is 2.64. The summed E-state index contributed by atoms with van der Waals surface area (Å²) in [4.78, 5) is 17.4. The highest BCUT2D eigenvalue weighted by molar-refractivity contribution is 5.23. The molecule has 0 radical (unpaired) electrons. The van der Waals surface area contributed by atoms with Gasteiger partial charge in [0.15, 0.2) is 5.43 Å². The van der Waals surface area contributed by atoms with Gasteiger partial charge in [-0.2, -0.15) is 0 Å². The first kappa shape index (κ1) is 14.3. The van der Waals surface area contributed by atoms with Crippen LogP contribution in [0.1, 0.15) is 37.1 Å². The molecule has 2 rings (SSSR count). The van der Waals surface area contributed by atoms with E-state index in [1.54, 1.807) is 6.20 Å². The molecule has 19 heavy (non-hydrogen) atoms. The van der Waals surface area contributed by atoms with Gasteiger partial charge in [0.05, 0.1) is 5.60 Å². The van der Waals surface area contributed by atoms with E-state index in [1.165, 1.54) is 0 Å². The number of aromatic amines is 1. The Hall–Kier alpha value is -1.13. The van der Waals surface area contributed by atoms with Gasteiger partial charge in [0.25, 0.3) is 0 Å². The first-order valence-electron chi connectivity index (χ1n) is 6.94. The number of H-pyrrole nitrogens is 1. The van der Waals surface area contributed by atoms with Crippen molar-refractivity contribution in [1.29, 1.82) is 0 Å².